The molecule has 124 valence electrons. The van der Waals surface area contributed by atoms with Crippen LogP contribution in [0.25, 0.3) is 0 Å². The summed E-state index contributed by atoms with van der Waals surface area (Å²) in [6.07, 6.45) is -12.6. The molecule has 0 atom stereocenters. The molecule has 0 unspecified atom stereocenters. The maximum absolute atomic E-state index is 12.2. The molecule has 0 aromatic heterocycles. The van der Waals surface area contributed by atoms with Crippen LogP contribution in [-0.2, 0) is 19.1 Å². The largest absolute Gasteiger partial charge is 0.462 e. The maximum Gasteiger partial charge on any atom is 0.437 e. The molecule has 21 heavy (non-hydrogen) atoms. The van der Waals surface area contributed by atoms with Crippen LogP contribution in [0.5, 0.6) is 0 Å². The molecule has 0 spiro atoms. The Kier molecular flexibility index (Phi) is 6.03. The van der Waals surface area contributed by atoms with E-state index in [1.54, 1.807) is 0 Å². The molecule has 0 fully saturated rings. The highest BCUT2D eigenvalue weighted by Crippen LogP contribution is 2.43. The highest BCUT2D eigenvalue weighted by Gasteiger charge is 2.76. The van der Waals surface area contributed by atoms with Crippen LogP contribution in [-0.4, -0.2) is 48.2 Å². The van der Waals surface area contributed by atoms with E-state index in [4.69, 9.17) is 5.11 Å². The maximum atomic E-state index is 12.2. The van der Waals surface area contributed by atoms with Crippen LogP contribution in [0.2, 0.25) is 0 Å². The first kappa shape index (κ1) is 19.5. The zero-order valence-electron chi connectivity index (χ0n) is 10.8. The number of aliphatic hydroxyl groups is 1. The molecule has 1 N–H and O–H groups in total. The van der Waals surface area contributed by atoms with Crippen LogP contribution in [0.3, 0.4) is 0 Å². The first-order chi connectivity index (χ1) is 9.25. The summed E-state index contributed by atoms with van der Waals surface area (Å²) in [6, 6.07) is 0. The topological polar surface area (TPSA) is 72.8 Å². The van der Waals surface area contributed by atoms with Crippen LogP contribution in [0.4, 0.5) is 26.3 Å². The van der Waals surface area contributed by atoms with E-state index in [0.29, 0.717) is 0 Å². The molecule has 0 heterocycles. The summed E-state index contributed by atoms with van der Waals surface area (Å²) in [7, 11) is 0. The molecule has 0 aliphatic carbocycles. The Labute approximate surface area is 114 Å². The van der Waals surface area contributed by atoms with Gasteiger partial charge in [-0.1, -0.05) is 13.8 Å². The smallest absolute Gasteiger partial charge is 0.437 e. The minimum absolute atomic E-state index is 0.581. The molecular formula is C10H12F6O5. The fourth-order valence-electron chi connectivity index (χ4n) is 0.940. The summed E-state index contributed by atoms with van der Waals surface area (Å²) < 4.78 is 81.5. The van der Waals surface area contributed by atoms with Gasteiger partial charge in [0.2, 0.25) is 0 Å². The molecule has 0 aliphatic rings. The molecule has 5 nitrogen and oxygen atoms in total. The van der Waals surface area contributed by atoms with Gasteiger partial charge in [-0.05, 0) is 0 Å². The number of ether oxygens (including phenoxy) is 2. The molecular weight excluding hydrogens is 314 g/mol. The number of esters is 2. The van der Waals surface area contributed by atoms with Gasteiger partial charge in [0.1, 0.15) is 13.2 Å². The number of carbonyl (C=O) groups is 2. The van der Waals surface area contributed by atoms with Gasteiger partial charge in [-0.3, -0.25) is 4.79 Å². The monoisotopic (exact) mass is 326 g/mol. The summed E-state index contributed by atoms with van der Waals surface area (Å²) in [6.45, 7) is 1.06. The lowest BCUT2D eigenvalue weighted by molar-refractivity contribution is -0.357. The number of carbonyl (C=O) groups excluding carboxylic acids is 2. The Morgan fingerprint density at radius 2 is 1.33 bits per heavy atom. The average molecular weight is 326 g/mol. The molecule has 0 amide bonds. The van der Waals surface area contributed by atoms with Gasteiger partial charge in [0.05, 0.1) is 5.92 Å². The second-order valence-corrected chi connectivity index (χ2v) is 4.16. The third-order valence-electron chi connectivity index (χ3n) is 2.15. The number of halogens is 6. The van der Waals surface area contributed by atoms with Gasteiger partial charge in [-0.2, -0.15) is 26.3 Å². The van der Waals surface area contributed by atoms with Crippen molar-refractivity contribution in [2.75, 3.05) is 13.2 Å². The molecule has 0 bridgehead atoms. The highest BCUT2D eigenvalue weighted by atomic mass is 19.4. The standard InChI is InChI=1S/C10H12F6O5/c1-5(2)6(17)20-3-4-21-7(18)8(19,9(11,12)13)10(14,15)16/h5,19H,3-4H2,1-2H3. The van der Waals surface area contributed by atoms with E-state index in [9.17, 15) is 35.9 Å². The van der Waals surface area contributed by atoms with Gasteiger partial charge in [0.15, 0.2) is 0 Å². The lowest BCUT2D eigenvalue weighted by atomic mass is 10.0. The fourth-order valence-corrected chi connectivity index (χ4v) is 0.940. The third-order valence-corrected chi connectivity index (χ3v) is 2.15. The van der Waals surface area contributed by atoms with E-state index in [2.05, 4.69) is 9.47 Å². The average Bonchev–Trinajstić information content (AvgIpc) is 2.29. The van der Waals surface area contributed by atoms with Crippen molar-refractivity contribution in [2.24, 2.45) is 5.92 Å². The Morgan fingerprint density at radius 3 is 1.67 bits per heavy atom. The second kappa shape index (κ2) is 6.50. The summed E-state index contributed by atoms with van der Waals surface area (Å²) in [4.78, 5) is 21.8. The number of rotatable bonds is 5. The van der Waals surface area contributed by atoms with Crippen molar-refractivity contribution < 1.29 is 50.5 Å². The van der Waals surface area contributed by atoms with Crippen LogP contribution >= 0.6 is 0 Å². The molecule has 11 heteroatoms. The van der Waals surface area contributed by atoms with Crippen LogP contribution < -0.4 is 0 Å². The Balaban J connectivity index is 4.71. The summed E-state index contributed by atoms with van der Waals surface area (Å²) in [5, 5.41) is 8.62. The van der Waals surface area contributed by atoms with Crippen molar-refractivity contribution in [3.63, 3.8) is 0 Å². The van der Waals surface area contributed by atoms with E-state index < -0.39 is 49.0 Å². The van der Waals surface area contributed by atoms with Crippen molar-refractivity contribution in [3.8, 4) is 0 Å². The molecule has 0 aliphatic heterocycles. The lowest BCUT2D eigenvalue weighted by Gasteiger charge is -2.29. The number of hydrogen-bond acceptors (Lipinski definition) is 5. The highest BCUT2D eigenvalue weighted by molar-refractivity contribution is 5.81. The Bertz CT molecular complexity index is 372. The van der Waals surface area contributed by atoms with E-state index in [1.165, 1.54) is 13.8 Å². The fraction of sp³-hybridized carbons (Fsp3) is 0.800. The lowest BCUT2D eigenvalue weighted by Crippen LogP contribution is -2.63. The van der Waals surface area contributed by atoms with Crippen LogP contribution in [0, 0.1) is 5.92 Å². The van der Waals surface area contributed by atoms with E-state index in [0.717, 1.165) is 0 Å². The molecule has 0 radical (unpaired) electrons. The van der Waals surface area contributed by atoms with Crippen molar-refractivity contribution in [1.29, 1.82) is 0 Å². The Hall–Kier alpha value is -1.52. The molecule has 0 aromatic carbocycles. The first-order valence-corrected chi connectivity index (χ1v) is 5.44. The second-order valence-electron chi connectivity index (χ2n) is 4.16. The van der Waals surface area contributed by atoms with Crippen LogP contribution in [0.1, 0.15) is 13.8 Å². The van der Waals surface area contributed by atoms with Gasteiger partial charge in [0.25, 0.3) is 0 Å². The van der Waals surface area contributed by atoms with Crippen molar-refractivity contribution in [1.82, 2.24) is 0 Å². The third kappa shape index (κ3) is 4.48. The first-order valence-electron chi connectivity index (χ1n) is 5.44. The number of hydrogen-bond donors (Lipinski definition) is 1. The summed E-state index contributed by atoms with van der Waals surface area (Å²) in [5.41, 5.74) is -5.64. The quantitative estimate of drug-likeness (QED) is 0.472. The van der Waals surface area contributed by atoms with Gasteiger partial charge >= 0.3 is 29.9 Å². The normalized spacial score (nSPS) is 13.2. The predicted molar refractivity (Wildman–Crippen MR) is 53.8 cm³/mol. The zero-order chi connectivity index (χ0) is 17.1. The van der Waals surface area contributed by atoms with Crippen molar-refractivity contribution >= 4 is 11.9 Å². The number of alkyl halides is 6. The van der Waals surface area contributed by atoms with Crippen LogP contribution in [0.15, 0.2) is 0 Å². The van der Waals surface area contributed by atoms with E-state index in [-0.39, 0.29) is 0 Å². The predicted octanol–water partition coefficient (Wildman–Crippen LogP) is 1.58. The molecule has 0 aromatic rings. The van der Waals surface area contributed by atoms with Gasteiger partial charge in [-0.15, -0.1) is 0 Å². The minimum Gasteiger partial charge on any atom is -0.462 e. The Morgan fingerprint density at radius 1 is 0.952 bits per heavy atom. The minimum atomic E-state index is -6.31. The zero-order valence-corrected chi connectivity index (χ0v) is 10.8. The van der Waals surface area contributed by atoms with Gasteiger partial charge < -0.3 is 14.6 Å². The van der Waals surface area contributed by atoms with Crippen molar-refractivity contribution in [3.05, 3.63) is 0 Å². The van der Waals surface area contributed by atoms with Gasteiger partial charge in [0, 0.05) is 0 Å². The molecule has 0 saturated heterocycles. The molecule has 0 saturated carbocycles. The van der Waals surface area contributed by atoms with E-state index >= 15 is 0 Å². The van der Waals surface area contributed by atoms with Gasteiger partial charge in [-0.25, -0.2) is 4.79 Å². The molecule has 0 rings (SSSR count). The SMILES string of the molecule is CC(C)C(=O)OCCOC(=O)C(O)(C(F)(F)F)C(F)(F)F. The van der Waals surface area contributed by atoms with E-state index in [1.807, 2.05) is 0 Å². The summed E-state index contributed by atoms with van der Waals surface area (Å²) in [5.74, 6) is -4.31. The van der Waals surface area contributed by atoms with Crippen molar-refractivity contribution in [2.45, 2.75) is 31.8 Å². The summed E-state index contributed by atoms with van der Waals surface area (Å²) >= 11 is 0.